The van der Waals surface area contributed by atoms with Gasteiger partial charge in [0, 0.05) is 19.8 Å². The van der Waals surface area contributed by atoms with Crippen molar-refractivity contribution in [2.45, 2.75) is 35.1 Å². The van der Waals surface area contributed by atoms with Crippen LogP contribution < -0.4 is 0 Å². The average molecular weight is 204 g/mol. The number of aliphatic hydroxyl groups is 3. The average Bonchev–Trinajstić information content (AvgIpc) is 2.17. The highest BCUT2D eigenvalue weighted by atomic mass is 27.2. The Bertz CT molecular complexity index is 81.8. The fourth-order valence-electron chi connectivity index (χ4n) is 1.57. The van der Waals surface area contributed by atoms with E-state index in [4.69, 9.17) is 15.3 Å². The zero-order valence-corrected chi connectivity index (χ0v) is 9.44. The lowest BCUT2D eigenvalue weighted by Crippen LogP contribution is -2.13. The van der Waals surface area contributed by atoms with Crippen molar-refractivity contribution < 1.29 is 15.3 Å². The summed E-state index contributed by atoms with van der Waals surface area (Å²) in [5.41, 5.74) is 0. The number of hydrogen-bond donors (Lipinski definition) is 3. The molecule has 0 radical (unpaired) electrons. The van der Waals surface area contributed by atoms with Crippen LogP contribution in [0, 0.1) is 0 Å². The zero-order chi connectivity index (χ0) is 9.94. The molecule has 0 saturated carbocycles. The largest absolute Gasteiger partial charge is 0.396 e. The van der Waals surface area contributed by atoms with Crippen molar-refractivity contribution in [2.75, 3.05) is 19.8 Å². The summed E-state index contributed by atoms with van der Waals surface area (Å²) in [6, 6.07) is 0. The third kappa shape index (κ3) is 8.73. The van der Waals surface area contributed by atoms with Gasteiger partial charge < -0.3 is 15.3 Å². The van der Waals surface area contributed by atoms with Crippen molar-refractivity contribution in [3.05, 3.63) is 0 Å². The molecule has 13 heavy (non-hydrogen) atoms. The second-order valence-electron chi connectivity index (χ2n) is 3.46. The third-order valence-electron chi connectivity index (χ3n) is 2.31. The molecule has 0 fully saturated rings. The van der Waals surface area contributed by atoms with Gasteiger partial charge in [-0.2, -0.15) is 0 Å². The van der Waals surface area contributed by atoms with E-state index in [1.54, 1.807) is 0 Å². The highest BCUT2D eigenvalue weighted by Gasteiger charge is 2.14. The van der Waals surface area contributed by atoms with Crippen LogP contribution in [0.25, 0.3) is 0 Å². The van der Waals surface area contributed by atoms with E-state index in [-0.39, 0.29) is 19.8 Å². The molecule has 3 N–H and O–H groups in total. The fourth-order valence-corrected chi connectivity index (χ4v) is 4.72. The Morgan fingerprint density at radius 3 is 1.15 bits per heavy atom. The van der Waals surface area contributed by atoms with Gasteiger partial charge in [-0.3, -0.25) is 0 Å². The van der Waals surface area contributed by atoms with E-state index in [0.29, 0.717) is 0 Å². The Kier molecular flexibility index (Phi) is 10.8. The molecular formula is C9H21AlO3. The maximum Gasteiger partial charge on any atom is 0.262 e. The molecule has 0 aromatic rings. The van der Waals surface area contributed by atoms with Crippen molar-refractivity contribution >= 4 is 14.1 Å². The minimum Gasteiger partial charge on any atom is -0.396 e. The van der Waals surface area contributed by atoms with E-state index in [1.165, 1.54) is 0 Å². The summed E-state index contributed by atoms with van der Waals surface area (Å²) in [4.78, 5) is 0. The number of rotatable bonds is 9. The molecule has 0 aromatic heterocycles. The highest BCUT2D eigenvalue weighted by molar-refractivity contribution is 6.58. The zero-order valence-electron chi connectivity index (χ0n) is 8.28. The standard InChI is InChI=1S/3C3H7O.Al/c3*1-2-3-4;/h3*4H,1-3H2;. The summed E-state index contributed by atoms with van der Waals surface area (Å²) in [5.74, 6) is 0. The molecule has 4 heteroatoms. The van der Waals surface area contributed by atoms with E-state index in [1.807, 2.05) is 0 Å². The van der Waals surface area contributed by atoms with Gasteiger partial charge in [0.2, 0.25) is 0 Å². The first-order valence-corrected chi connectivity index (χ1v) is 7.62. The second kappa shape index (κ2) is 10.5. The van der Waals surface area contributed by atoms with E-state index in [9.17, 15) is 0 Å². The molecule has 0 amide bonds. The predicted octanol–water partition coefficient (Wildman–Crippen LogP) is 0.628. The summed E-state index contributed by atoms with van der Waals surface area (Å²) in [7, 11) is 0. The molecule has 0 aliphatic carbocycles. The van der Waals surface area contributed by atoms with Crippen molar-refractivity contribution in [1.29, 1.82) is 0 Å². The summed E-state index contributed by atoms with van der Waals surface area (Å²) in [6.07, 6.45) is 2.69. The van der Waals surface area contributed by atoms with Gasteiger partial charge >= 0.3 is 0 Å². The van der Waals surface area contributed by atoms with Crippen molar-refractivity contribution in [2.24, 2.45) is 0 Å². The summed E-state index contributed by atoms with van der Waals surface area (Å²) >= 11 is -0.767. The van der Waals surface area contributed by atoms with Crippen LogP contribution in [0.15, 0.2) is 0 Å². The molecule has 3 nitrogen and oxygen atoms in total. The summed E-state index contributed by atoms with van der Waals surface area (Å²) in [5, 5.41) is 29.5. The van der Waals surface area contributed by atoms with Crippen LogP contribution in [0.5, 0.6) is 0 Å². The van der Waals surface area contributed by atoms with Gasteiger partial charge in [0.25, 0.3) is 14.1 Å². The lowest BCUT2D eigenvalue weighted by molar-refractivity contribution is 0.289. The van der Waals surface area contributed by atoms with E-state index in [0.717, 1.165) is 35.1 Å². The number of aliphatic hydroxyl groups excluding tert-OH is 3. The highest BCUT2D eigenvalue weighted by Crippen LogP contribution is 2.12. The smallest absolute Gasteiger partial charge is 0.262 e. The van der Waals surface area contributed by atoms with Crippen LogP contribution in [-0.4, -0.2) is 49.3 Å². The van der Waals surface area contributed by atoms with Gasteiger partial charge in [0.05, 0.1) is 0 Å². The van der Waals surface area contributed by atoms with Crippen LogP contribution in [0.1, 0.15) is 19.3 Å². The first-order chi connectivity index (χ1) is 6.35. The van der Waals surface area contributed by atoms with Crippen molar-refractivity contribution in [3.63, 3.8) is 0 Å². The van der Waals surface area contributed by atoms with Crippen LogP contribution in [0.4, 0.5) is 0 Å². The van der Waals surface area contributed by atoms with E-state index >= 15 is 0 Å². The Morgan fingerprint density at radius 2 is 0.923 bits per heavy atom. The van der Waals surface area contributed by atoms with Crippen LogP contribution in [-0.2, 0) is 0 Å². The molecule has 78 valence electrons. The lowest BCUT2D eigenvalue weighted by Gasteiger charge is -2.09. The Hall–Kier alpha value is 0.412. The fraction of sp³-hybridized carbons (Fsp3) is 1.00. The molecule has 0 atom stereocenters. The SMILES string of the molecule is OCC[CH2][Al]([CH2]CCO)[CH2]CCO. The lowest BCUT2D eigenvalue weighted by atomic mass is 10.5. The maximum absolute atomic E-state index is 8.69. The molecule has 0 aliphatic heterocycles. The first kappa shape index (κ1) is 13.4. The Balaban J connectivity index is 3.47. The van der Waals surface area contributed by atoms with Gasteiger partial charge in [-0.25, -0.2) is 0 Å². The van der Waals surface area contributed by atoms with Gasteiger partial charge in [0.15, 0.2) is 0 Å². The monoisotopic (exact) mass is 204 g/mol. The van der Waals surface area contributed by atoms with Gasteiger partial charge in [-0.15, -0.1) is 0 Å². The normalized spacial score (nSPS) is 10.4. The van der Waals surface area contributed by atoms with Crippen LogP contribution in [0.3, 0.4) is 0 Å². The molecular weight excluding hydrogens is 183 g/mol. The van der Waals surface area contributed by atoms with E-state index < -0.39 is 14.1 Å². The van der Waals surface area contributed by atoms with Gasteiger partial charge in [-0.05, 0) is 19.3 Å². The number of hydrogen-bond acceptors (Lipinski definition) is 3. The van der Waals surface area contributed by atoms with E-state index in [2.05, 4.69) is 0 Å². The maximum atomic E-state index is 8.69. The molecule has 0 spiro atoms. The topological polar surface area (TPSA) is 60.7 Å². The Morgan fingerprint density at radius 1 is 0.615 bits per heavy atom. The van der Waals surface area contributed by atoms with Crippen LogP contribution >= 0.6 is 0 Å². The summed E-state index contributed by atoms with van der Waals surface area (Å²) in [6.45, 7) is 0.839. The van der Waals surface area contributed by atoms with Gasteiger partial charge in [-0.1, -0.05) is 15.8 Å². The first-order valence-electron chi connectivity index (χ1n) is 5.17. The molecule has 0 rings (SSSR count). The molecule has 0 bridgehead atoms. The third-order valence-corrected chi connectivity index (χ3v) is 5.99. The molecule has 0 saturated heterocycles. The summed E-state index contributed by atoms with van der Waals surface area (Å²) < 4.78 is 0. The Labute approximate surface area is 84.8 Å². The molecule has 0 unspecified atom stereocenters. The van der Waals surface area contributed by atoms with Crippen molar-refractivity contribution in [3.8, 4) is 0 Å². The molecule has 0 aliphatic rings. The predicted molar refractivity (Wildman–Crippen MR) is 55.3 cm³/mol. The quantitative estimate of drug-likeness (QED) is 0.483. The van der Waals surface area contributed by atoms with Crippen LogP contribution in [0.2, 0.25) is 15.8 Å². The molecule has 0 heterocycles. The van der Waals surface area contributed by atoms with Gasteiger partial charge in [0.1, 0.15) is 0 Å². The second-order valence-corrected chi connectivity index (χ2v) is 6.93. The van der Waals surface area contributed by atoms with Crippen molar-refractivity contribution in [1.82, 2.24) is 0 Å². The minimum atomic E-state index is -0.767. The molecule has 0 aromatic carbocycles. The minimum absolute atomic E-state index is 0.280.